The SMILES string of the molecule is CC(C)Cc1ccc(-c2ccnc(-c3cccc4c3oc3ncccc34)c2)cc1. The molecule has 0 unspecified atom stereocenters. The Morgan fingerprint density at radius 2 is 1.62 bits per heavy atom. The molecule has 3 aromatic heterocycles. The summed E-state index contributed by atoms with van der Waals surface area (Å²) in [5.74, 6) is 0.659. The standard InChI is InChI=1S/C26H22N2O/c1-17(2)15-18-8-10-19(11-9-18)20-12-14-27-24(16-20)23-6-3-5-21-22-7-4-13-28-26(22)29-25(21)23/h3-14,16-17H,15H2,1-2H3. The lowest BCUT2D eigenvalue weighted by Crippen LogP contribution is -1.93. The van der Waals surface area contributed by atoms with Crippen LogP contribution in [0.1, 0.15) is 19.4 Å². The van der Waals surface area contributed by atoms with Gasteiger partial charge in [0.1, 0.15) is 5.58 Å². The third kappa shape index (κ3) is 3.29. The van der Waals surface area contributed by atoms with Gasteiger partial charge in [0, 0.05) is 28.7 Å². The van der Waals surface area contributed by atoms with Crippen molar-refractivity contribution >= 4 is 22.1 Å². The van der Waals surface area contributed by atoms with Gasteiger partial charge in [0.2, 0.25) is 5.71 Å². The van der Waals surface area contributed by atoms with Gasteiger partial charge < -0.3 is 4.42 Å². The van der Waals surface area contributed by atoms with Crippen molar-refractivity contribution in [3.05, 3.63) is 84.7 Å². The molecule has 0 aliphatic carbocycles. The molecule has 0 fully saturated rings. The summed E-state index contributed by atoms with van der Waals surface area (Å²) in [6, 6.07) is 23.2. The lowest BCUT2D eigenvalue weighted by atomic mass is 9.98. The third-order valence-electron chi connectivity index (χ3n) is 5.24. The van der Waals surface area contributed by atoms with Gasteiger partial charge in [-0.15, -0.1) is 0 Å². The van der Waals surface area contributed by atoms with Crippen LogP contribution in [0, 0.1) is 5.92 Å². The molecule has 0 atom stereocenters. The molecule has 3 heterocycles. The summed E-state index contributed by atoms with van der Waals surface area (Å²) in [5.41, 5.74) is 7.09. The van der Waals surface area contributed by atoms with Gasteiger partial charge in [-0.1, -0.05) is 50.2 Å². The van der Waals surface area contributed by atoms with E-state index in [1.807, 2.05) is 18.3 Å². The molecular formula is C26H22N2O. The fraction of sp³-hybridized carbons (Fsp3) is 0.154. The summed E-state index contributed by atoms with van der Waals surface area (Å²) >= 11 is 0. The van der Waals surface area contributed by atoms with E-state index in [9.17, 15) is 0 Å². The van der Waals surface area contributed by atoms with Crippen molar-refractivity contribution in [3.63, 3.8) is 0 Å². The molecule has 0 aliphatic heterocycles. The molecule has 0 saturated carbocycles. The highest BCUT2D eigenvalue weighted by atomic mass is 16.3. The van der Waals surface area contributed by atoms with Gasteiger partial charge in [-0.2, -0.15) is 0 Å². The second-order valence-corrected chi connectivity index (χ2v) is 7.87. The van der Waals surface area contributed by atoms with Crippen molar-refractivity contribution in [2.24, 2.45) is 5.92 Å². The van der Waals surface area contributed by atoms with Crippen molar-refractivity contribution in [1.29, 1.82) is 0 Å². The summed E-state index contributed by atoms with van der Waals surface area (Å²) in [6.07, 6.45) is 4.72. The number of nitrogens with zero attached hydrogens (tertiary/aromatic N) is 2. The minimum atomic E-state index is 0.659. The van der Waals surface area contributed by atoms with Crippen LogP contribution in [0.5, 0.6) is 0 Å². The Morgan fingerprint density at radius 3 is 2.45 bits per heavy atom. The second kappa shape index (κ2) is 7.17. The molecule has 0 radical (unpaired) electrons. The molecular weight excluding hydrogens is 356 g/mol. The van der Waals surface area contributed by atoms with Gasteiger partial charge in [-0.05, 0) is 59.4 Å². The van der Waals surface area contributed by atoms with Gasteiger partial charge in [-0.25, -0.2) is 4.98 Å². The summed E-state index contributed by atoms with van der Waals surface area (Å²) in [4.78, 5) is 8.99. The van der Waals surface area contributed by atoms with Gasteiger partial charge >= 0.3 is 0 Å². The lowest BCUT2D eigenvalue weighted by Gasteiger charge is -2.08. The van der Waals surface area contributed by atoms with Crippen molar-refractivity contribution in [3.8, 4) is 22.4 Å². The topological polar surface area (TPSA) is 38.9 Å². The number of hydrogen-bond acceptors (Lipinski definition) is 3. The van der Waals surface area contributed by atoms with Crippen molar-refractivity contribution in [2.75, 3.05) is 0 Å². The molecule has 5 aromatic rings. The monoisotopic (exact) mass is 378 g/mol. The molecule has 3 heteroatoms. The smallest absolute Gasteiger partial charge is 0.227 e. The maximum Gasteiger partial charge on any atom is 0.227 e. The van der Waals surface area contributed by atoms with Gasteiger partial charge in [0.25, 0.3) is 0 Å². The van der Waals surface area contributed by atoms with E-state index in [1.165, 1.54) is 11.1 Å². The normalized spacial score (nSPS) is 11.6. The fourth-order valence-electron chi connectivity index (χ4n) is 3.90. The zero-order valence-electron chi connectivity index (χ0n) is 16.6. The van der Waals surface area contributed by atoms with E-state index in [2.05, 4.69) is 78.4 Å². The summed E-state index contributed by atoms with van der Waals surface area (Å²) in [7, 11) is 0. The van der Waals surface area contributed by atoms with Gasteiger partial charge in [0.05, 0.1) is 5.69 Å². The first-order valence-electron chi connectivity index (χ1n) is 10.0. The summed E-state index contributed by atoms with van der Waals surface area (Å²) < 4.78 is 6.09. The number of furan rings is 1. The molecule has 0 bridgehead atoms. The number of fused-ring (bicyclic) bond motifs is 3. The van der Waals surface area contributed by atoms with Crippen LogP contribution in [0.4, 0.5) is 0 Å². The Bertz CT molecular complexity index is 1300. The predicted molar refractivity (Wildman–Crippen MR) is 119 cm³/mol. The highest BCUT2D eigenvalue weighted by molar-refractivity contribution is 6.08. The largest absolute Gasteiger partial charge is 0.437 e. The van der Waals surface area contributed by atoms with E-state index in [0.29, 0.717) is 11.6 Å². The molecule has 142 valence electrons. The van der Waals surface area contributed by atoms with Crippen molar-refractivity contribution in [2.45, 2.75) is 20.3 Å². The van der Waals surface area contributed by atoms with E-state index in [0.717, 1.165) is 39.6 Å². The highest BCUT2D eigenvalue weighted by Crippen LogP contribution is 2.35. The number of hydrogen-bond donors (Lipinski definition) is 0. The van der Waals surface area contributed by atoms with Crippen LogP contribution in [0.3, 0.4) is 0 Å². The third-order valence-corrected chi connectivity index (χ3v) is 5.24. The van der Waals surface area contributed by atoms with Crippen LogP contribution in [0.25, 0.3) is 44.5 Å². The molecule has 0 aliphatic rings. The van der Waals surface area contributed by atoms with Crippen molar-refractivity contribution < 1.29 is 4.42 Å². The molecule has 2 aromatic carbocycles. The Kier molecular flexibility index (Phi) is 4.36. The minimum absolute atomic E-state index is 0.659. The second-order valence-electron chi connectivity index (χ2n) is 7.87. The van der Waals surface area contributed by atoms with Crippen LogP contribution in [0.15, 0.2) is 83.5 Å². The molecule has 3 nitrogen and oxygen atoms in total. The first-order chi connectivity index (χ1) is 14.2. The van der Waals surface area contributed by atoms with E-state index < -0.39 is 0 Å². The maximum absolute atomic E-state index is 6.09. The van der Waals surface area contributed by atoms with Gasteiger partial charge in [-0.3, -0.25) is 4.98 Å². The van der Waals surface area contributed by atoms with E-state index >= 15 is 0 Å². The molecule has 0 N–H and O–H groups in total. The van der Waals surface area contributed by atoms with Crippen LogP contribution in [0.2, 0.25) is 0 Å². The van der Waals surface area contributed by atoms with Crippen LogP contribution < -0.4 is 0 Å². The Labute approximate surface area is 170 Å². The van der Waals surface area contributed by atoms with E-state index in [1.54, 1.807) is 6.20 Å². The van der Waals surface area contributed by atoms with E-state index in [4.69, 9.17) is 4.42 Å². The molecule has 0 spiro atoms. The maximum atomic E-state index is 6.09. The number of rotatable bonds is 4. The Balaban J connectivity index is 1.58. The Morgan fingerprint density at radius 1 is 0.793 bits per heavy atom. The van der Waals surface area contributed by atoms with Crippen LogP contribution >= 0.6 is 0 Å². The minimum Gasteiger partial charge on any atom is -0.437 e. The van der Waals surface area contributed by atoms with Gasteiger partial charge in [0.15, 0.2) is 0 Å². The molecule has 29 heavy (non-hydrogen) atoms. The summed E-state index contributed by atoms with van der Waals surface area (Å²) in [6.45, 7) is 4.49. The first-order valence-corrected chi connectivity index (χ1v) is 10.0. The number of benzene rings is 2. The average molecular weight is 378 g/mol. The quantitative estimate of drug-likeness (QED) is 0.341. The predicted octanol–water partition coefficient (Wildman–Crippen LogP) is 6.91. The highest BCUT2D eigenvalue weighted by Gasteiger charge is 2.13. The average Bonchev–Trinajstić information content (AvgIpc) is 3.13. The number of pyridine rings is 2. The number of aromatic nitrogens is 2. The molecule has 0 saturated heterocycles. The van der Waals surface area contributed by atoms with Crippen molar-refractivity contribution in [1.82, 2.24) is 9.97 Å². The van der Waals surface area contributed by atoms with Crippen LogP contribution in [-0.4, -0.2) is 9.97 Å². The first kappa shape index (κ1) is 17.6. The zero-order chi connectivity index (χ0) is 19.8. The zero-order valence-corrected chi connectivity index (χ0v) is 16.6. The lowest BCUT2D eigenvalue weighted by molar-refractivity contribution is 0.647. The fourth-order valence-corrected chi connectivity index (χ4v) is 3.90. The van der Waals surface area contributed by atoms with E-state index in [-0.39, 0.29) is 0 Å². The molecule has 5 rings (SSSR count). The molecule has 0 amide bonds. The number of para-hydroxylation sites is 1. The Hall–Kier alpha value is -3.46. The van der Waals surface area contributed by atoms with Crippen LogP contribution in [-0.2, 0) is 6.42 Å². The summed E-state index contributed by atoms with van der Waals surface area (Å²) in [5, 5.41) is 2.09.